The molecule has 5 rings (SSSR count). The zero-order chi connectivity index (χ0) is 27.4. The minimum Gasteiger partial charge on any atom is -0.493 e. The molecular weight excluding hydrogens is 500 g/mol. The first-order valence-corrected chi connectivity index (χ1v) is 12.4. The molecule has 11 heteroatoms. The van der Waals surface area contributed by atoms with Crippen molar-refractivity contribution in [2.24, 2.45) is 0 Å². The Bertz CT molecular complexity index is 1510. The highest BCUT2D eigenvalue weighted by Crippen LogP contribution is 2.37. The molecule has 2 amide bonds. The Kier molecular flexibility index (Phi) is 7.39. The van der Waals surface area contributed by atoms with Crippen LogP contribution in [0.2, 0.25) is 0 Å². The van der Waals surface area contributed by atoms with Gasteiger partial charge in [-0.3, -0.25) is 14.6 Å². The molecular formula is C28H28N6O5. The van der Waals surface area contributed by atoms with Crippen molar-refractivity contribution in [2.45, 2.75) is 20.0 Å². The number of ether oxygens (including phenoxy) is 3. The summed E-state index contributed by atoms with van der Waals surface area (Å²) in [6.45, 7) is 4.44. The first-order chi connectivity index (χ1) is 18.9. The quantitative estimate of drug-likeness (QED) is 0.352. The Hall–Kier alpha value is -4.93. The third kappa shape index (κ3) is 5.82. The molecule has 1 fully saturated rings. The topological polar surface area (TPSA) is 128 Å². The number of hydrogen-bond donors (Lipinski definition) is 2. The van der Waals surface area contributed by atoms with E-state index in [1.807, 2.05) is 31.2 Å². The molecule has 2 aromatic heterocycles. The van der Waals surface area contributed by atoms with Crippen LogP contribution in [0.25, 0.3) is 10.9 Å². The fraction of sp³-hybridized carbons (Fsp3) is 0.250. The van der Waals surface area contributed by atoms with Gasteiger partial charge in [-0.2, -0.15) is 0 Å². The summed E-state index contributed by atoms with van der Waals surface area (Å²) >= 11 is 0. The Labute approximate surface area is 225 Å². The molecule has 3 heterocycles. The number of fused-ring (bicyclic) bond motifs is 1. The maximum absolute atomic E-state index is 13.0. The van der Waals surface area contributed by atoms with Crippen LogP contribution in [0.15, 0.2) is 61.1 Å². The summed E-state index contributed by atoms with van der Waals surface area (Å²) in [5.74, 6) is 2.12. The highest BCUT2D eigenvalue weighted by atomic mass is 16.5. The number of anilines is 2. The maximum Gasteiger partial charge on any atom is 0.263 e. The van der Waals surface area contributed by atoms with E-state index in [1.165, 1.54) is 11.2 Å². The van der Waals surface area contributed by atoms with E-state index in [9.17, 15) is 9.59 Å². The molecule has 200 valence electrons. The molecule has 0 unspecified atom stereocenters. The van der Waals surface area contributed by atoms with Crippen molar-refractivity contribution in [3.05, 3.63) is 66.7 Å². The van der Waals surface area contributed by atoms with Crippen LogP contribution in [0.3, 0.4) is 0 Å². The number of pyridine rings is 1. The Morgan fingerprint density at radius 1 is 1.08 bits per heavy atom. The molecule has 1 saturated heterocycles. The number of aryl methyl sites for hydroxylation is 1. The fourth-order valence-electron chi connectivity index (χ4n) is 4.20. The minimum atomic E-state index is -0.817. The highest BCUT2D eigenvalue weighted by molar-refractivity contribution is 5.96. The number of aromatic nitrogens is 3. The number of hydrogen-bond acceptors (Lipinski definition) is 9. The van der Waals surface area contributed by atoms with Crippen molar-refractivity contribution >= 4 is 34.2 Å². The lowest BCUT2D eigenvalue weighted by atomic mass is 10.2. The molecule has 0 bridgehead atoms. The van der Waals surface area contributed by atoms with Crippen LogP contribution in [0, 0.1) is 6.92 Å². The van der Waals surface area contributed by atoms with Crippen LogP contribution < -0.4 is 24.8 Å². The van der Waals surface area contributed by atoms with E-state index in [-0.39, 0.29) is 18.4 Å². The molecule has 4 aromatic rings. The van der Waals surface area contributed by atoms with Crippen LogP contribution in [0.4, 0.5) is 11.5 Å². The lowest BCUT2D eigenvalue weighted by Gasteiger charge is -2.29. The molecule has 39 heavy (non-hydrogen) atoms. The standard InChI is InChI=1S/C28H28N6O5/c1-17-7-9-20(14-30-17)39-22-10-8-19(13-24(22)37-3)33-27-26-21(31-16-32-27)5-4-6-23(26)38-18(2)28(36)34-12-11-29-25(35)15-34/h4-10,13-14,16,18H,11-12,15H2,1-3H3,(H,29,35)(H,31,32,33)/t18-/m1/s1. The molecule has 0 radical (unpaired) electrons. The largest absolute Gasteiger partial charge is 0.493 e. The number of carbonyl (C=O) groups is 2. The number of amides is 2. The van der Waals surface area contributed by atoms with Crippen molar-refractivity contribution in [1.82, 2.24) is 25.2 Å². The van der Waals surface area contributed by atoms with Gasteiger partial charge in [0.1, 0.15) is 23.6 Å². The first kappa shape index (κ1) is 25.7. The molecule has 0 saturated carbocycles. The van der Waals surface area contributed by atoms with Gasteiger partial charge in [0.2, 0.25) is 5.91 Å². The van der Waals surface area contributed by atoms with Crippen LogP contribution in [-0.4, -0.2) is 64.5 Å². The zero-order valence-electron chi connectivity index (χ0n) is 21.8. The van der Waals surface area contributed by atoms with E-state index in [2.05, 4.69) is 25.6 Å². The molecule has 0 spiro atoms. The van der Waals surface area contributed by atoms with Gasteiger partial charge in [0, 0.05) is 30.5 Å². The van der Waals surface area contributed by atoms with Gasteiger partial charge in [-0.15, -0.1) is 0 Å². The summed E-state index contributed by atoms with van der Waals surface area (Å²) in [4.78, 5) is 39.2. The maximum atomic E-state index is 13.0. The van der Waals surface area contributed by atoms with E-state index in [0.29, 0.717) is 58.5 Å². The summed E-state index contributed by atoms with van der Waals surface area (Å²) in [7, 11) is 1.57. The van der Waals surface area contributed by atoms with Gasteiger partial charge in [-0.25, -0.2) is 9.97 Å². The molecule has 2 N–H and O–H groups in total. The number of carbonyl (C=O) groups excluding carboxylic acids is 2. The molecule has 11 nitrogen and oxygen atoms in total. The predicted molar refractivity (Wildman–Crippen MR) is 145 cm³/mol. The second-order valence-electron chi connectivity index (χ2n) is 8.97. The van der Waals surface area contributed by atoms with Crippen molar-refractivity contribution in [3.63, 3.8) is 0 Å². The number of nitrogens with one attached hydrogen (secondary N) is 2. The Balaban J connectivity index is 1.39. The highest BCUT2D eigenvalue weighted by Gasteiger charge is 2.27. The van der Waals surface area contributed by atoms with Crippen molar-refractivity contribution in [3.8, 4) is 23.0 Å². The van der Waals surface area contributed by atoms with E-state index in [1.54, 1.807) is 44.5 Å². The van der Waals surface area contributed by atoms with Crippen LogP contribution in [-0.2, 0) is 9.59 Å². The lowest BCUT2D eigenvalue weighted by molar-refractivity contribution is -0.143. The first-order valence-electron chi connectivity index (χ1n) is 12.4. The van der Waals surface area contributed by atoms with Gasteiger partial charge in [0.15, 0.2) is 17.6 Å². The fourth-order valence-corrected chi connectivity index (χ4v) is 4.20. The SMILES string of the molecule is COc1cc(Nc2ncnc3cccc(O[C@H](C)C(=O)N4CCNC(=O)C4)c23)ccc1Oc1ccc(C)nc1. The van der Waals surface area contributed by atoms with Crippen molar-refractivity contribution in [1.29, 1.82) is 0 Å². The molecule has 1 aliphatic rings. The van der Waals surface area contributed by atoms with Crippen molar-refractivity contribution < 1.29 is 23.8 Å². The van der Waals surface area contributed by atoms with E-state index >= 15 is 0 Å². The van der Waals surface area contributed by atoms with E-state index < -0.39 is 6.10 Å². The predicted octanol–water partition coefficient (Wildman–Crippen LogP) is 3.60. The molecule has 0 aliphatic carbocycles. The van der Waals surface area contributed by atoms with Gasteiger partial charge in [0.25, 0.3) is 5.91 Å². The summed E-state index contributed by atoms with van der Waals surface area (Å²) in [6, 6.07) is 14.5. The van der Waals surface area contributed by atoms with E-state index in [4.69, 9.17) is 14.2 Å². The van der Waals surface area contributed by atoms with Gasteiger partial charge >= 0.3 is 0 Å². The number of methoxy groups -OCH3 is 1. The summed E-state index contributed by atoms with van der Waals surface area (Å²) in [6.07, 6.45) is 2.29. The summed E-state index contributed by atoms with van der Waals surface area (Å²) < 4.78 is 17.6. The van der Waals surface area contributed by atoms with E-state index in [0.717, 1.165) is 5.69 Å². The summed E-state index contributed by atoms with van der Waals surface area (Å²) in [5.41, 5.74) is 2.23. The Morgan fingerprint density at radius 2 is 1.95 bits per heavy atom. The average molecular weight is 529 g/mol. The van der Waals surface area contributed by atoms with Crippen LogP contribution >= 0.6 is 0 Å². The van der Waals surface area contributed by atoms with Crippen LogP contribution in [0.5, 0.6) is 23.0 Å². The van der Waals surface area contributed by atoms with Gasteiger partial charge in [0.05, 0.1) is 30.8 Å². The van der Waals surface area contributed by atoms with Gasteiger partial charge in [-0.1, -0.05) is 6.07 Å². The zero-order valence-corrected chi connectivity index (χ0v) is 21.8. The normalized spacial score (nSPS) is 13.9. The monoisotopic (exact) mass is 528 g/mol. The number of rotatable bonds is 8. The van der Waals surface area contributed by atoms with Gasteiger partial charge < -0.3 is 29.7 Å². The van der Waals surface area contributed by atoms with Gasteiger partial charge in [-0.05, 0) is 50.2 Å². The number of piperazine rings is 1. The second kappa shape index (κ2) is 11.2. The molecule has 1 atom stereocenters. The lowest BCUT2D eigenvalue weighted by Crippen LogP contribution is -2.53. The number of nitrogens with zero attached hydrogens (tertiary/aromatic N) is 4. The second-order valence-corrected chi connectivity index (χ2v) is 8.97. The smallest absolute Gasteiger partial charge is 0.263 e. The molecule has 2 aromatic carbocycles. The summed E-state index contributed by atoms with van der Waals surface area (Å²) in [5, 5.41) is 6.63. The average Bonchev–Trinajstić information content (AvgIpc) is 2.94. The third-order valence-corrected chi connectivity index (χ3v) is 6.16. The minimum absolute atomic E-state index is 0.0138. The Morgan fingerprint density at radius 3 is 2.72 bits per heavy atom. The number of benzene rings is 2. The van der Waals surface area contributed by atoms with Crippen molar-refractivity contribution in [2.75, 3.05) is 32.1 Å². The third-order valence-electron chi connectivity index (χ3n) is 6.16. The molecule has 1 aliphatic heterocycles. The van der Waals surface area contributed by atoms with Crippen LogP contribution in [0.1, 0.15) is 12.6 Å².